The van der Waals surface area contributed by atoms with Crippen LogP contribution in [-0.2, 0) is 20.9 Å². The number of amides is 1. The van der Waals surface area contributed by atoms with E-state index < -0.39 is 27.7 Å². The molecule has 1 amide bonds. The second-order valence-electron chi connectivity index (χ2n) is 9.58. The van der Waals surface area contributed by atoms with Gasteiger partial charge in [-0.05, 0) is 60.7 Å². The number of nitrogens with zero attached hydrogens (tertiary/aromatic N) is 2. The molecule has 11 heteroatoms. The third-order valence-corrected chi connectivity index (χ3v) is 8.36. The first-order chi connectivity index (χ1) is 16.9. The van der Waals surface area contributed by atoms with Crippen molar-refractivity contribution in [2.24, 2.45) is 11.8 Å². The fraction of sp³-hybridized carbons (Fsp3) is 0.480. The van der Waals surface area contributed by atoms with Crippen molar-refractivity contribution in [3.8, 4) is 0 Å². The number of alkyl halides is 3. The van der Waals surface area contributed by atoms with Crippen molar-refractivity contribution >= 4 is 27.3 Å². The van der Waals surface area contributed by atoms with Gasteiger partial charge in [0.1, 0.15) is 0 Å². The first-order valence-corrected chi connectivity index (χ1v) is 13.3. The van der Waals surface area contributed by atoms with Gasteiger partial charge >= 0.3 is 6.18 Å². The predicted octanol–water partition coefficient (Wildman–Crippen LogP) is 4.46. The summed E-state index contributed by atoms with van der Waals surface area (Å²) in [6.07, 6.45) is -3.60. The number of benzene rings is 2. The lowest BCUT2D eigenvalue weighted by Gasteiger charge is -2.34. The minimum atomic E-state index is -4.57. The van der Waals surface area contributed by atoms with Crippen molar-refractivity contribution in [2.45, 2.75) is 31.3 Å². The van der Waals surface area contributed by atoms with E-state index in [9.17, 15) is 26.4 Å². The number of sulfonamides is 1. The van der Waals surface area contributed by atoms with Crippen LogP contribution in [0.25, 0.3) is 0 Å². The Morgan fingerprint density at radius 2 is 1.61 bits per heavy atom. The first-order valence-electron chi connectivity index (χ1n) is 11.9. The molecule has 0 radical (unpaired) electrons. The number of carbonyl (C=O) groups excluding carboxylic acids is 1. The van der Waals surface area contributed by atoms with Crippen LogP contribution in [0.4, 0.5) is 24.5 Å². The van der Waals surface area contributed by atoms with Gasteiger partial charge in [0, 0.05) is 31.7 Å². The monoisotopic (exact) mass is 525 g/mol. The van der Waals surface area contributed by atoms with Crippen LogP contribution in [0.1, 0.15) is 36.2 Å². The fourth-order valence-electron chi connectivity index (χ4n) is 4.82. The standard InChI is InChI=1S/C25H30F3N3O4S/c1-17-13-18(2)16-31(15-17)36(33,34)21-6-3-19(4-7-21)24(32)29-22-14-20(25(26,27)28)5-8-23(22)30-9-11-35-12-10-30/h3-8,14,17-18H,9-13,15-16H2,1-2H3,(H,29,32). The number of ether oxygens (including phenoxy) is 1. The zero-order valence-corrected chi connectivity index (χ0v) is 21.0. The summed E-state index contributed by atoms with van der Waals surface area (Å²) in [6, 6.07) is 8.73. The van der Waals surface area contributed by atoms with Gasteiger partial charge in [0.25, 0.3) is 5.91 Å². The lowest BCUT2D eigenvalue weighted by atomic mass is 9.94. The van der Waals surface area contributed by atoms with E-state index in [1.165, 1.54) is 34.6 Å². The number of morpholine rings is 1. The molecule has 196 valence electrons. The second-order valence-corrected chi connectivity index (χ2v) is 11.5. The van der Waals surface area contributed by atoms with Crippen LogP contribution in [0.5, 0.6) is 0 Å². The van der Waals surface area contributed by atoms with Crippen molar-refractivity contribution < 1.29 is 31.1 Å². The molecule has 2 atom stereocenters. The normalized spacial score (nSPS) is 21.9. The third-order valence-electron chi connectivity index (χ3n) is 6.51. The van der Waals surface area contributed by atoms with Gasteiger partial charge in [0.2, 0.25) is 10.0 Å². The van der Waals surface area contributed by atoms with Crippen LogP contribution in [0.2, 0.25) is 0 Å². The van der Waals surface area contributed by atoms with Crippen LogP contribution in [0.3, 0.4) is 0 Å². The molecule has 0 aromatic heterocycles. The molecule has 0 bridgehead atoms. The molecule has 2 aromatic carbocycles. The molecule has 7 nitrogen and oxygen atoms in total. The summed E-state index contributed by atoms with van der Waals surface area (Å²) in [7, 11) is -3.71. The number of carbonyl (C=O) groups is 1. The third kappa shape index (κ3) is 5.84. The van der Waals surface area contributed by atoms with E-state index in [-0.39, 0.29) is 28.0 Å². The molecular formula is C25H30F3N3O4S. The van der Waals surface area contributed by atoms with Gasteiger partial charge in [0.15, 0.2) is 0 Å². The largest absolute Gasteiger partial charge is 0.416 e. The summed E-state index contributed by atoms with van der Waals surface area (Å²) < 4.78 is 73.1. The molecule has 36 heavy (non-hydrogen) atoms. The molecule has 0 saturated carbocycles. The Hall–Kier alpha value is -2.63. The van der Waals surface area contributed by atoms with E-state index in [0.29, 0.717) is 45.1 Å². The smallest absolute Gasteiger partial charge is 0.378 e. The lowest BCUT2D eigenvalue weighted by Crippen LogP contribution is -2.42. The predicted molar refractivity (Wildman–Crippen MR) is 131 cm³/mol. The number of hydrogen-bond acceptors (Lipinski definition) is 5. The van der Waals surface area contributed by atoms with E-state index in [1.807, 2.05) is 18.7 Å². The maximum atomic E-state index is 13.4. The Kier molecular flexibility index (Phi) is 7.63. The van der Waals surface area contributed by atoms with Gasteiger partial charge in [-0.1, -0.05) is 13.8 Å². The topological polar surface area (TPSA) is 79.0 Å². The highest BCUT2D eigenvalue weighted by atomic mass is 32.2. The van der Waals surface area contributed by atoms with Crippen LogP contribution in [0, 0.1) is 11.8 Å². The summed E-state index contributed by atoms with van der Waals surface area (Å²) in [5.41, 5.74) is -0.238. The van der Waals surface area contributed by atoms with E-state index in [1.54, 1.807) is 0 Å². The van der Waals surface area contributed by atoms with Crippen molar-refractivity contribution in [3.63, 3.8) is 0 Å². The van der Waals surface area contributed by atoms with Crippen molar-refractivity contribution in [1.29, 1.82) is 0 Å². The Morgan fingerprint density at radius 3 is 2.19 bits per heavy atom. The average Bonchev–Trinajstić information content (AvgIpc) is 2.83. The molecule has 2 aromatic rings. The van der Waals surface area contributed by atoms with E-state index >= 15 is 0 Å². The Balaban J connectivity index is 1.56. The SMILES string of the molecule is CC1CC(C)CN(S(=O)(=O)c2ccc(C(=O)Nc3cc(C(F)(F)F)ccc3N3CCOCC3)cc2)C1. The molecule has 4 rings (SSSR count). The molecule has 0 aliphatic carbocycles. The molecule has 2 aliphatic rings. The molecule has 2 fully saturated rings. The molecule has 2 saturated heterocycles. The highest BCUT2D eigenvalue weighted by Gasteiger charge is 2.33. The van der Waals surface area contributed by atoms with Crippen LogP contribution in [0.15, 0.2) is 47.4 Å². The van der Waals surface area contributed by atoms with Crippen LogP contribution in [-0.4, -0.2) is 58.0 Å². The maximum absolute atomic E-state index is 13.4. The van der Waals surface area contributed by atoms with Gasteiger partial charge in [0.05, 0.1) is 35.0 Å². The first kappa shape index (κ1) is 26.4. The Bertz CT molecular complexity index is 1190. The highest BCUT2D eigenvalue weighted by molar-refractivity contribution is 7.89. The van der Waals surface area contributed by atoms with Gasteiger partial charge in [-0.15, -0.1) is 0 Å². The van der Waals surface area contributed by atoms with E-state index in [0.717, 1.165) is 18.6 Å². The molecule has 0 spiro atoms. The average molecular weight is 526 g/mol. The molecule has 2 aliphatic heterocycles. The number of anilines is 2. The number of nitrogens with one attached hydrogen (secondary N) is 1. The summed E-state index contributed by atoms with van der Waals surface area (Å²) in [4.78, 5) is 14.9. The molecular weight excluding hydrogens is 495 g/mol. The number of piperidine rings is 1. The number of hydrogen-bond donors (Lipinski definition) is 1. The quantitative estimate of drug-likeness (QED) is 0.624. The summed E-state index contributed by atoms with van der Waals surface area (Å²) in [5, 5.41) is 2.59. The molecule has 2 unspecified atom stereocenters. The van der Waals surface area contributed by atoms with Gasteiger partial charge in [-0.25, -0.2) is 8.42 Å². The Morgan fingerprint density at radius 1 is 1.00 bits per heavy atom. The van der Waals surface area contributed by atoms with E-state index in [2.05, 4.69) is 5.32 Å². The van der Waals surface area contributed by atoms with Gasteiger partial charge < -0.3 is 15.0 Å². The number of halogens is 3. The lowest BCUT2D eigenvalue weighted by molar-refractivity contribution is -0.137. The summed E-state index contributed by atoms with van der Waals surface area (Å²) >= 11 is 0. The van der Waals surface area contributed by atoms with Gasteiger partial charge in [-0.2, -0.15) is 17.5 Å². The fourth-order valence-corrected chi connectivity index (χ4v) is 6.50. The zero-order valence-electron chi connectivity index (χ0n) is 20.2. The highest BCUT2D eigenvalue weighted by Crippen LogP contribution is 2.36. The van der Waals surface area contributed by atoms with Crippen LogP contribution < -0.4 is 10.2 Å². The second kappa shape index (κ2) is 10.4. The molecule has 1 N–H and O–H groups in total. The Labute approximate surface area is 209 Å². The minimum absolute atomic E-state index is 0.0321. The zero-order chi connectivity index (χ0) is 26.1. The maximum Gasteiger partial charge on any atom is 0.416 e. The van der Waals surface area contributed by atoms with Crippen molar-refractivity contribution in [3.05, 3.63) is 53.6 Å². The van der Waals surface area contributed by atoms with E-state index in [4.69, 9.17) is 4.74 Å². The van der Waals surface area contributed by atoms with Gasteiger partial charge in [-0.3, -0.25) is 4.79 Å². The van der Waals surface area contributed by atoms with Crippen molar-refractivity contribution in [1.82, 2.24) is 4.31 Å². The summed E-state index contributed by atoms with van der Waals surface area (Å²) in [6.45, 7) is 6.74. The van der Waals surface area contributed by atoms with Crippen molar-refractivity contribution in [2.75, 3.05) is 49.6 Å². The number of rotatable bonds is 5. The minimum Gasteiger partial charge on any atom is -0.378 e. The van der Waals surface area contributed by atoms with Crippen LogP contribution >= 0.6 is 0 Å². The summed E-state index contributed by atoms with van der Waals surface area (Å²) in [5.74, 6) is -0.128. The molecule has 2 heterocycles.